The predicted molar refractivity (Wildman–Crippen MR) is 109 cm³/mol. The van der Waals surface area contributed by atoms with Crippen LogP contribution in [0.5, 0.6) is 5.75 Å². The highest BCUT2D eigenvalue weighted by Gasteiger charge is 2.15. The number of amides is 1. The molecule has 0 aliphatic rings. The quantitative estimate of drug-likeness (QED) is 0.494. The Bertz CT molecular complexity index is 977. The van der Waals surface area contributed by atoms with Crippen LogP contribution in [-0.2, 0) is 19.7 Å². The molecule has 1 aromatic carbocycles. The van der Waals surface area contributed by atoms with E-state index in [1.807, 2.05) is 6.92 Å². The molecule has 0 saturated carbocycles. The van der Waals surface area contributed by atoms with Crippen LogP contribution in [0.4, 0.5) is 0 Å². The Morgan fingerprint density at radius 2 is 1.89 bits per heavy atom. The molecule has 28 heavy (non-hydrogen) atoms. The SMILES string of the molecule is CCn1cc(Cl)c(CNC(=O)c2ccc(COc3c(Cl)cc(Cl)cc3Cl)o2)n1. The van der Waals surface area contributed by atoms with Crippen molar-refractivity contribution in [3.05, 3.63) is 67.8 Å². The summed E-state index contributed by atoms with van der Waals surface area (Å²) < 4.78 is 12.8. The standard InChI is InChI=1S/C18H15Cl4N3O3/c1-2-25-8-14(22)15(24-25)7-23-18(26)16-4-3-11(28-16)9-27-17-12(20)5-10(19)6-13(17)21/h3-6,8H,2,7,9H2,1H3,(H,23,26). The fraction of sp³-hybridized carbons (Fsp3) is 0.222. The number of carbonyl (C=O) groups is 1. The van der Waals surface area contributed by atoms with Crippen LogP contribution in [0.3, 0.4) is 0 Å². The summed E-state index contributed by atoms with van der Waals surface area (Å²) >= 11 is 24.1. The molecular weight excluding hydrogens is 448 g/mol. The maximum Gasteiger partial charge on any atom is 0.287 e. The normalized spacial score (nSPS) is 10.9. The fourth-order valence-electron chi connectivity index (χ4n) is 2.36. The molecule has 0 spiro atoms. The molecule has 6 nitrogen and oxygen atoms in total. The van der Waals surface area contributed by atoms with Gasteiger partial charge in [0.25, 0.3) is 5.91 Å². The fourth-order valence-corrected chi connectivity index (χ4v) is 3.50. The third-order valence-corrected chi connectivity index (χ3v) is 4.83. The van der Waals surface area contributed by atoms with E-state index in [1.165, 1.54) is 12.1 Å². The van der Waals surface area contributed by atoms with Gasteiger partial charge in [-0.25, -0.2) is 0 Å². The lowest BCUT2D eigenvalue weighted by atomic mass is 10.3. The molecule has 0 fully saturated rings. The Morgan fingerprint density at radius 3 is 2.54 bits per heavy atom. The first-order valence-electron chi connectivity index (χ1n) is 8.23. The van der Waals surface area contributed by atoms with Gasteiger partial charge in [0, 0.05) is 17.8 Å². The largest absolute Gasteiger partial charge is 0.483 e. The molecule has 0 aliphatic heterocycles. The molecule has 0 saturated heterocycles. The summed E-state index contributed by atoms with van der Waals surface area (Å²) in [6, 6.07) is 6.23. The predicted octanol–water partition coefficient (Wildman–Crippen LogP) is 5.62. The number of ether oxygens (including phenoxy) is 1. The van der Waals surface area contributed by atoms with Gasteiger partial charge in [-0.15, -0.1) is 0 Å². The molecular formula is C18H15Cl4N3O3. The molecule has 0 bridgehead atoms. The number of carbonyl (C=O) groups excluding carboxylic acids is 1. The van der Waals surface area contributed by atoms with Crippen LogP contribution in [0, 0.1) is 0 Å². The summed E-state index contributed by atoms with van der Waals surface area (Å²) in [4.78, 5) is 12.3. The molecule has 3 rings (SSSR count). The minimum Gasteiger partial charge on any atom is -0.483 e. The summed E-state index contributed by atoms with van der Waals surface area (Å²) in [6.45, 7) is 2.87. The summed E-state index contributed by atoms with van der Waals surface area (Å²) in [6.07, 6.45) is 1.71. The van der Waals surface area contributed by atoms with Crippen molar-refractivity contribution in [2.75, 3.05) is 0 Å². The molecule has 1 N–H and O–H groups in total. The van der Waals surface area contributed by atoms with Crippen molar-refractivity contribution in [1.29, 1.82) is 0 Å². The first-order chi connectivity index (χ1) is 13.4. The average Bonchev–Trinajstić information content (AvgIpc) is 3.25. The van der Waals surface area contributed by atoms with Crippen LogP contribution in [0.1, 0.15) is 28.9 Å². The van der Waals surface area contributed by atoms with Gasteiger partial charge >= 0.3 is 0 Å². The lowest BCUT2D eigenvalue weighted by Crippen LogP contribution is -2.22. The molecule has 3 aromatic rings. The molecule has 1 amide bonds. The van der Waals surface area contributed by atoms with Gasteiger partial charge < -0.3 is 14.5 Å². The van der Waals surface area contributed by atoms with E-state index in [0.29, 0.717) is 28.0 Å². The highest BCUT2D eigenvalue weighted by atomic mass is 35.5. The van der Waals surface area contributed by atoms with Crippen LogP contribution in [0.15, 0.2) is 34.9 Å². The molecule has 10 heteroatoms. The number of aromatic nitrogens is 2. The number of aryl methyl sites for hydroxylation is 1. The van der Waals surface area contributed by atoms with Crippen LogP contribution in [0.25, 0.3) is 0 Å². The monoisotopic (exact) mass is 461 g/mol. The topological polar surface area (TPSA) is 69.3 Å². The van der Waals surface area contributed by atoms with Crippen molar-refractivity contribution in [2.45, 2.75) is 26.6 Å². The third-order valence-electron chi connectivity index (χ3n) is 3.73. The van der Waals surface area contributed by atoms with Crippen molar-refractivity contribution >= 4 is 52.3 Å². The summed E-state index contributed by atoms with van der Waals surface area (Å²) in [5, 5.41) is 8.45. The van der Waals surface area contributed by atoms with E-state index in [4.69, 9.17) is 55.6 Å². The Labute approximate surface area is 181 Å². The highest BCUT2D eigenvalue weighted by molar-refractivity contribution is 6.40. The van der Waals surface area contributed by atoms with Gasteiger partial charge in [-0.3, -0.25) is 9.48 Å². The van der Waals surface area contributed by atoms with Gasteiger partial charge in [0.2, 0.25) is 0 Å². The molecule has 2 heterocycles. The van der Waals surface area contributed by atoms with Crippen LogP contribution < -0.4 is 10.1 Å². The molecule has 0 unspecified atom stereocenters. The zero-order valence-electron chi connectivity index (χ0n) is 14.6. The van der Waals surface area contributed by atoms with Crippen LogP contribution in [0.2, 0.25) is 20.1 Å². The van der Waals surface area contributed by atoms with Crippen LogP contribution >= 0.6 is 46.4 Å². The molecule has 148 valence electrons. The third kappa shape index (κ3) is 4.94. The van der Waals surface area contributed by atoms with E-state index in [9.17, 15) is 4.79 Å². The van der Waals surface area contributed by atoms with Gasteiger partial charge in [-0.1, -0.05) is 46.4 Å². The van der Waals surface area contributed by atoms with Crippen molar-refractivity contribution in [1.82, 2.24) is 15.1 Å². The Morgan fingerprint density at radius 1 is 1.18 bits per heavy atom. The van der Waals surface area contributed by atoms with E-state index in [1.54, 1.807) is 23.0 Å². The second-order valence-corrected chi connectivity index (χ2v) is 7.37. The first kappa shape index (κ1) is 20.9. The minimum absolute atomic E-state index is 0.0427. The number of benzene rings is 1. The number of hydrogen-bond acceptors (Lipinski definition) is 4. The van der Waals surface area contributed by atoms with Gasteiger partial charge in [-0.05, 0) is 31.2 Å². The zero-order valence-corrected chi connectivity index (χ0v) is 17.7. The summed E-state index contributed by atoms with van der Waals surface area (Å²) in [5.41, 5.74) is 0.582. The molecule has 0 radical (unpaired) electrons. The van der Waals surface area contributed by atoms with Gasteiger partial charge in [0.15, 0.2) is 11.5 Å². The summed E-state index contributed by atoms with van der Waals surface area (Å²) in [5.74, 6) is 0.464. The van der Waals surface area contributed by atoms with E-state index < -0.39 is 5.91 Å². The smallest absolute Gasteiger partial charge is 0.287 e. The minimum atomic E-state index is -0.393. The Hall–Kier alpha value is -1.86. The zero-order chi connectivity index (χ0) is 20.3. The number of nitrogens with zero attached hydrogens (tertiary/aromatic N) is 2. The van der Waals surface area contributed by atoms with E-state index in [0.717, 1.165) is 0 Å². The van der Waals surface area contributed by atoms with Gasteiger partial charge in [-0.2, -0.15) is 5.10 Å². The second kappa shape index (κ2) is 9.09. The van der Waals surface area contributed by atoms with Gasteiger partial charge in [0.05, 0.1) is 21.6 Å². The van der Waals surface area contributed by atoms with Crippen molar-refractivity contribution < 1.29 is 13.9 Å². The lowest BCUT2D eigenvalue weighted by molar-refractivity contribution is 0.0918. The number of rotatable bonds is 7. The van der Waals surface area contributed by atoms with Crippen molar-refractivity contribution in [2.24, 2.45) is 0 Å². The Kier molecular flexibility index (Phi) is 6.78. The molecule has 0 aliphatic carbocycles. The van der Waals surface area contributed by atoms with Crippen molar-refractivity contribution in [3.63, 3.8) is 0 Å². The summed E-state index contributed by atoms with van der Waals surface area (Å²) in [7, 11) is 0. The maximum atomic E-state index is 12.3. The van der Waals surface area contributed by atoms with Crippen LogP contribution in [-0.4, -0.2) is 15.7 Å². The van der Waals surface area contributed by atoms with E-state index in [-0.39, 0.29) is 34.7 Å². The number of hydrogen-bond donors (Lipinski definition) is 1. The lowest BCUT2D eigenvalue weighted by Gasteiger charge is -2.09. The first-order valence-corrected chi connectivity index (χ1v) is 9.74. The Balaban J connectivity index is 1.59. The number of nitrogens with one attached hydrogen (secondary N) is 1. The number of furan rings is 1. The van der Waals surface area contributed by atoms with Gasteiger partial charge in [0.1, 0.15) is 18.1 Å². The second-order valence-electron chi connectivity index (χ2n) is 5.72. The number of halogens is 4. The van der Waals surface area contributed by atoms with E-state index in [2.05, 4.69) is 10.4 Å². The highest BCUT2D eigenvalue weighted by Crippen LogP contribution is 2.36. The van der Waals surface area contributed by atoms with E-state index >= 15 is 0 Å². The maximum absolute atomic E-state index is 12.3. The molecule has 2 aromatic heterocycles. The average molecular weight is 463 g/mol. The molecule has 0 atom stereocenters. The van der Waals surface area contributed by atoms with Crippen molar-refractivity contribution in [3.8, 4) is 5.75 Å².